The standard InChI is InChI=1S/C6H6Br2N2O2S/c1-2-12-6(11)4-3(5(7)8)9-10-13-4/h5H,2H2,1H3. The topological polar surface area (TPSA) is 52.1 Å². The summed E-state index contributed by atoms with van der Waals surface area (Å²) in [4.78, 5) is 11.7. The number of hydrogen-bond donors (Lipinski definition) is 0. The first-order chi connectivity index (χ1) is 6.16. The summed E-state index contributed by atoms with van der Waals surface area (Å²) in [5.41, 5.74) is 0.559. The van der Waals surface area contributed by atoms with E-state index in [0.29, 0.717) is 17.2 Å². The molecule has 0 amide bonds. The van der Waals surface area contributed by atoms with E-state index in [1.165, 1.54) is 0 Å². The second-order valence-corrected chi connectivity index (χ2v) is 5.82. The molecular weight excluding hydrogens is 324 g/mol. The molecule has 0 atom stereocenters. The van der Waals surface area contributed by atoms with Gasteiger partial charge in [-0.3, -0.25) is 0 Å². The van der Waals surface area contributed by atoms with Crippen LogP contribution in [0.5, 0.6) is 0 Å². The van der Waals surface area contributed by atoms with Gasteiger partial charge >= 0.3 is 5.97 Å². The van der Waals surface area contributed by atoms with Crippen LogP contribution < -0.4 is 0 Å². The first-order valence-electron chi connectivity index (χ1n) is 3.44. The van der Waals surface area contributed by atoms with E-state index in [4.69, 9.17) is 4.74 Å². The molecule has 13 heavy (non-hydrogen) atoms. The van der Waals surface area contributed by atoms with Gasteiger partial charge in [0.2, 0.25) is 0 Å². The highest BCUT2D eigenvalue weighted by Crippen LogP contribution is 2.31. The molecule has 72 valence electrons. The summed E-state index contributed by atoms with van der Waals surface area (Å²) < 4.78 is 8.34. The maximum Gasteiger partial charge on any atom is 0.351 e. The summed E-state index contributed by atoms with van der Waals surface area (Å²) in [5.74, 6) is -0.378. The van der Waals surface area contributed by atoms with Gasteiger partial charge in [0.1, 0.15) is 9.43 Å². The highest BCUT2D eigenvalue weighted by atomic mass is 79.9. The molecule has 1 rings (SSSR count). The molecule has 0 N–H and O–H groups in total. The Labute approximate surface area is 96.1 Å². The molecule has 0 aliphatic rings. The Morgan fingerprint density at radius 3 is 2.92 bits per heavy atom. The van der Waals surface area contributed by atoms with Crippen molar-refractivity contribution in [3.05, 3.63) is 10.6 Å². The van der Waals surface area contributed by atoms with Crippen LogP contribution in [0.3, 0.4) is 0 Å². The normalized spacial score (nSPS) is 10.5. The summed E-state index contributed by atoms with van der Waals surface area (Å²) in [6.45, 7) is 2.11. The van der Waals surface area contributed by atoms with Gasteiger partial charge in [-0.25, -0.2) is 4.79 Å². The molecular formula is C6H6Br2N2O2S. The van der Waals surface area contributed by atoms with Crippen molar-refractivity contribution in [2.75, 3.05) is 6.61 Å². The quantitative estimate of drug-likeness (QED) is 0.631. The number of rotatable bonds is 3. The van der Waals surface area contributed by atoms with Crippen LogP contribution in [0.15, 0.2) is 0 Å². The van der Waals surface area contributed by atoms with E-state index in [0.717, 1.165) is 11.5 Å². The van der Waals surface area contributed by atoms with Crippen molar-refractivity contribution >= 4 is 49.4 Å². The zero-order valence-corrected chi connectivity index (χ0v) is 10.6. The van der Waals surface area contributed by atoms with Crippen LogP contribution >= 0.6 is 43.4 Å². The average molecular weight is 330 g/mol. The number of alkyl halides is 2. The van der Waals surface area contributed by atoms with Crippen LogP contribution in [-0.4, -0.2) is 22.2 Å². The molecule has 0 bridgehead atoms. The largest absolute Gasteiger partial charge is 0.462 e. The van der Waals surface area contributed by atoms with Crippen LogP contribution in [0.4, 0.5) is 0 Å². The predicted octanol–water partition coefficient (Wildman–Crippen LogP) is 2.50. The van der Waals surface area contributed by atoms with E-state index < -0.39 is 0 Å². The van der Waals surface area contributed by atoms with Gasteiger partial charge in [0.15, 0.2) is 4.88 Å². The van der Waals surface area contributed by atoms with Gasteiger partial charge in [-0.1, -0.05) is 36.3 Å². The minimum absolute atomic E-state index is 0.168. The lowest BCUT2D eigenvalue weighted by Crippen LogP contribution is -2.05. The van der Waals surface area contributed by atoms with Crippen molar-refractivity contribution < 1.29 is 9.53 Å². The highest BCUT2D eigenvalue weighted by molar-refractivity contribution is 9.24. The van der Waals surface area contributed by atoms with E-state index in [9.17, 15) is 4.79 Å². The maximum absolute atomic E-state index is 11.3. The van der Waals surface area contributed by atoms with Gasteiger partial charge in [0, 0.05) is 0 Å². The van der Waals surface area contributed by atoms with Gasteiger partial charge < -0.3 is 4.74 Å². The molecule has 0 radical (unpaired) electrons. The molecule has 0 aliphatic heterocycles. The van der Waals surface area contributed by atoms with Gasteiger partial charge in [-0.15, -0.1) is 5.10 Å². The van der Waals surface area contributed by atoms with Gasteiger partial charge in [0.25, 0.3) is 0 Å². The second-order valence-electron chi connectivity index (χ2n) is 2.01. The SMILES string of the molecule is CCOC(=O)c1snnc1C(Br)Br. The lowest BCUT2D eigenvalue weighted by molar-refractivity contribution is 0.0531. The molecule has 0 aromatic carbocycles. The zero-order chi connectivity index (χ0) is 9.84. The van der Waals surface area contributed by atoms with E-state index >= 15 is 0 Å². The third-order valence-corrected chi connectivity index (χ3v) is 2.77. The van der Waals surface area contributed by atoms with Crippen molar-refractivity contribution in [3.63, 3.8) is 0 Å². The molecule has 0 fully saturated rings. The molecule has 0 spiro atoms. The van der Waals surface area contributed by atoms with Gasteiger partial charge in [-0.05, 0) is 18.5 Å². The van der Waals surface area contributed by atoms with Crippen LogP contribution in [0.1, 0.15) is 26.0 Å². The van der Waals surface area contributed by atoms with E-state index in [-0.39, 0.29) is 9.71 Å². The summed E-state index contributed by atoms with van der Waals surface area (Å²) in [6.07, 6.45) is 0. The Hall–Kier alpha value is -0.0100. The fourth-order valence-corrected chi connectivity index (χ4v) is 2.22. The summed E-state index contributed by atoms with van der Waals surface area (Å²) in [7, 11) is 0. The average Bonchev–Trinajstić information content (AvgIpc) is 2.52. The molecule has 0 aliphatic carbocycles. The van der Waals surface area contributed by atoms with Crippen LogP contribution in [-0.2, 0) is 4.74 Å². The highest BCUT2D eigenvalue weighted by Gasteiger charge is 2.21. The van der Waals surface area contributed by atoms with Crippen LogP contribution in [0.2, 0.25) is 0 Å². The van der Waals surface area contributed by atoms with Gasteiger partial charge in [-0.2, -0.15) is 0 Å². The van der Waals surface area contributed by atoms with E-state index in [2.05, 4.69) is 41.4 Å². The lowest BCUT2D eigenvalue weighted by atomic mass is 10.4. The van der Waals surface area contributed by atoms with Crippen LogP contribution in [0, 0.1) is 0 Å². The maximum atomic E-state index is 11.3. The van der Waals surface area contributed by atoms with Crippen molar-refractivity contribution in [1.29, 1.82) is 0 Å². The Morgan fingerprint density at radius 2 is 2.38 bits per heavy atom. The molecule has 1 aromatic rings. The smallest absolute Gasteiger partial charge is 0.351 e. The summed E-state index contributed by atoms with van der Waals surface area (Å²) >= 11 is 7.52. The van der Waals surface area contributed by atoms with Crippen molar-refractivity contribution in [2.24, 2.45) is 0 Å². The van der Waals surface area contributed by atoms with Crippen LogP contribution in [0.25, 0.3) is 0 Å². The zero-order valence-electron chi connectivity index (χ0n) is 6.66. The van der Waals surface area contributed by atoms with Crippen molar-refractivity contribution in [2.45, 2.75) is 10.7 Å². The second kappa shape index (κ2) is 5.02. The number of carbonyl (C=O) groups is 1. The number of nitrogens with zero attached hydrogens (tertiary/aromatic N) is 2. The molecule has 4 nitrogen and oxygen atoms in total. The third kappa shape index (κ3) is 2.72. The number of hydrogen-bond acceptors (Lipinski definition) is 5. The molecule has 1 heterocycles. The molecule has 0 saturated heterocycles. The number of aromatic nitrogens is 2. The van der Waals surface area contributed by atoms with E-state index in [1.807, 2.05) is 0 Å². The molecule has 0 saturated carbocycles. The Morgan fingerprint density at radius 1 is 1.69 bits per heavy atom. The first-order valence-corrected chi connectivity index (χ1v) is 6.04. The number of carbonyl (C=O) groups excluding carboxylic acids is 1. The van der Waals surface area contributed by atoms with Crippen molar-refractivity contribution in [1.82, 2.24) is 9.59 Å². The molecule has 0 unspecified atom stereocenters. The molecule has 7 heteroatoms. The first kappa shape index (κ1) is 11.1. The molecule has 1 aromatic heterocycles. The Balaban J connectivity index is 2.87. The number of esters is 1. The fraction of sp³-hybridized carbons (Fsp3) is 0.500. The summed E-state index contributed by atoms with van der Waals surface area (Å²) in [6, 6.07) is 0. The Bertz CT molecular complexity index is 303. The summed E-state index contributed by atoms with van der Waals surface area (Å²) in [5, 5.41) is 3.79. The lowest BCUT2D eigenvalue weighted by Gasteiger charge is -2.00. The minimum Gasteiger partial charge on any atom is -0.462 e. The van der Waals surface area contributed by atoms with Crippen molar-refractivity contribution in [3.8, 4) is 0 Å². The number of halogens is 2. The predicted molar refractivity (Wildman–Crippen MR) is 56.5 cm³/mol. The third-order valence-electron chi connectivity index (χ3n) is 1.18. The van der Waals surface area contributed by atoms with Gasteiger partial charge in [0.05, 0.1) is 6.61 Å². The Kier molecular flexibility index (Phi) is 4.27. The minimum atomic E-state index is -0.378. The van der Waals surface area contributed by atoms with E-state index in [1.54, 1.807) is 6.92 Å². The monoisotopic (exact) mass is 328 g/mol. The fourth-order valence-electron chi connectivity index (χ4n) is 0.679. The number of ether oxygens (including phenoxy) is 1.